The molecule has 0 bridgehead atoms. The zero-order valence-corrected chi connectivity index (χ0v) is 19.8. The van der Waals surface area contributed by atoms with Crippen molar-refractivity contribution >= 4 is 11.5 Å². The Labute approximate surface area is 210 Å². The van der Waals surface area contributed by atoms with Crippen LogP contribution < -0.4 is 19.1 Å². The number of alkyl halides is 3. The summed E-state index contributed by atoms with van der Waals surface area (Å²) in [5, 5.41) is 10.9. The Kier molecular flexibility index (Phi) is 6.81. The van der Waals surface area contributed by atoms with Crippen LogP contribution in [0, 0.1) is 10.1 Å². The van der Waals surface area contributed by atoms with Crippen molar-refractivity contribution in [3.8, 4) is 17.5 Å². The number of ether oxygens (including phenoxy) is 3. The number of piperidine rings is 1. The fourth-order valence-corrected chi connectivity index (χ4v) is 4.45. The number of fused-ring (bicyclic) bond motifs is 1. The number of rotatable bonds is 7. The van der Waals surface area contributed by atoms with Gasteiger partial charge in [-0.2, -0.15) is 13.2 Å². The molecule has 2 aromatic carbocycles. The molecule has 3 aromatic rings. The summed E-state index contributed by atoms with van der Waals surface area (Å²) >= 11 is 0. The number of benzene rings is 2. The summed E-state index contributed by atoms with van der Waals surface area (Å²) in [6.07, 6.45) is -1.39. The van der Waals surface area contributed by atoms with E-state index in [-0.39, 0.29) is 36.4 Å². The van der Waals surface area contributed by atoms with Crippen LogP contribution >= 0.6 is 0 Å². The highest BCUT2D eigenvalue weighted by atomic mass is 19.4. The Balaban J connectivity index is 1.09. The van der Waals surface area contributed by atoms with Crippen LogP contribution in [0.1, 0.15) is 24.8 Å². The molecule has 5 rings (SSSR count). The monoisotopic (exact) mass is 518 g/mol. The molecule has 2 aliphatic heterocycles. The summed E-state index contributed by atoms with van der Waals surface area (Å²) in [7, 11) is 0. The number of hydrogen-bond donors (Lipinski definition) is 0. The molecule has 1 aromatic heterocycles. The summed E-state index contributed by atoms with van der Waals surface area (Å²) in [6.45, 7) is 2.30. The van der Waals surface area contributed by atoms with Gasteiger partial charge < -0.3 is 29.2 Å². The van der Waals surface area contributed by atoms with Crippen molar-refractivity contribution in [1.82, 2.24) is 9.55 Å². The van der Waals surface area contributed by atoms with Crippen LogP contribution in [0.3, 0.4) is 0 Å². The zero-order valence-electron chi connectivity index (χ0n) is 19.8. The van der Waals surface area contributed by atoms with Gasteiger partial charge in [0.05, 0.1) is 5.56 Å². The van der Waals surface area contributed by atoms with E-state index in [0.29, 0.717) is 31.6 Å². The maximum atomic E-state index is 12.9. The molecular weight excluding hydrogens is 493 g/mol. The minimum absolute atomic E-state index is 0.144. The molecule has 0 aliphatic carbocycles. The third-order valence-electron chi connectivity index (χ3n) is 6.42. The van der Waals surface area contributed by atoms with E-state index in [1.807, 2.05) is 24.3 Å². The number of hydrogen-bond acceptors (Lipinski definition) is 7. The van der Waals surface area contributed by atoms with Gasteiger partial charge in [0.25, 0.3) is 0 Å². The number of aromatic nitrogens is 2. The van der Waals surface area contributed by atoms with Crippen molar-refractivity contribution in [3.05, 3.63) is 70.4 Å². The highest BCUT2D eigenvalue weighted by Crippen LogP contribution is 2.32. The largest absolute Gasteiger partial charge is 0.490 e. The Morgan fingerprint density at radius 3 is 2.51 bits per heavy atom. The van der Waals surface area contributed by atoms with Gasteiger partial charge in [-0.15, -0.1) is 0 Å². The first-order valence-electron chi connectivity index (χ1n) is 11.9. The Hall–Kier alpha value is -3.96. The van der Waals surface area contributed by atoms with E-state index in [1.54, 1.807) is 10.6 Å². The first kappa shape index (κ1) is 24.7. The summed E-state index contributed by atoms with van der Waals surface area (Å²) < 4.78 is 57.8. The maximum Gasteiger partial charge on any atom is 0.416 e. The molecule has 1 fully saturated rings. The second-order valence-electron chi connectivity index (χ2n) is 9.00. The fraction of sp³-hybridized carbons (Fsp3) is 0.400. The second-order valence-corrected chi connectivity index (χ2v) is 9.00. The Bertz CT molecular complexity index is 1240. The van der Waals surface area contributed by atoms with Crippen molar-refractivity contribution in [1.29, 1.82) is 0 Å². The predicted molar refractivity (Wildman–Crippen MR) is 127 cm³/mol. The average Bonchev–Trinajstić information content (AvgIpc) is 3.32. The molecule has 1 atom stereocenters. The van der Waals surface area contributed by atoms with Crippen LogP contribution in [-0.4, -0.2) is 46.4 Å². The summed E-state index contributed by atoms with van der Waals surface area (Å²) in [5.41, 5.74) is 0.308. The third kappa shape index (κ3) is 5.89. The van der Waals surface area contributed by atoms with E-state index >= 15 is 0 Å². The number of nitro groups is 1. The van der Waals surface area contributed by atoms with Gasteiger partial charge >= 0.3 is 18.0 Å². The first-order valence-corrected chi connectivity index (χ1v) is 11.9. The van der Waals surface area contributed by atoms with Gasteiger partial charge in [0.2, 0.25) is 0 Å². The predicted octanol–water partition coefficient (Wildman–Crippen LogP) is 5.09. The molecular formula is C25H25F3N4O5. The molecule has 1 saturated heterocycles. The molecule has 0 saturated carbocycles. The first-order chi connectivity index (χ1) is 17.7. The number of aryl methyl sites for hydroxylation is 1. The molecule has 3 heterocycles. The number of imidazole rings is 1. The Morgan fingerprint density at radius 1 is 1.05 bits per heavy atom. The molecule has 9 nitrogen and oxygen atoms in total. The van der Waals surface area contributed by atoms with Crippen molar-refractivity contribution in [3.63, 3.8) is 0 Å². The molecule has 37 heavy (non-hydrogen) atoms. The minimum Gasteiger partial charge on any atom is -0.490 e. The highest BCUT2D eigenvalue weighted by Gasteiger charge is 2.31. The van der Waals surface area contributed by atoms with Crippen molar-refractivity contribution < 1.29 is 32.3 Å². The van der Waals surface area contributed by atoms with Crippen LogP contribution in [0.2, 0.25) is 0 Å². The van der Waals surface area contributed by atoms with Gasteiger partial charge in [0, 0.05) is 49.6 Å². The molecule has 0 spiro atoms. The quantitative estimate of drug-likeness (QED) is 0.318. The zero-order chi connectivity index (χ0) is 26.0. The number of halogens is 3. The van der Waals surface area contributed by atoms with Gasteiger partial charge in [-0.05, 0) is 47.4 Å². The minimum atomic E-state index is -4.39. The van der Waals surface area contributed by atoms with Crippen LogP contribution in [0.15, 0.2) is 54.7 Å². The van der Waals surface area contributed by atoms with Gasteiger partial charge in [-0.3, -0.25) is 4.57 Å². The van der Waals surface area contributed by atoms with E-state index < -0.39 is 16.7 Å². The lowest BCUT2D eigenvalue weighted by Gasteiger charge is -2.34. The van der Waals surface area contributed by atoms with E-state index in [4.69, 9.17) is 14.2 Å². The maximum absolute atomic E-state index is 12.9. The molecule has 196 valence electrons. The lowest BCUT2D eigenvalue weighted by molar-refractivity contribution is -0.389. The van der Waals surface area contributed by atoms with Crippen molar-refractivity contribution in [2.45, 2.75) is 44.2 Å². The van der Waals surface area contributed by atoms with Crippen LogP contribution in [-0.2, 0) is 12.7 Å². The fourth-order valence-electron chi connectivity index (χ4n) is 4.45. The van der Waals surface area contributed by atoms with Gasteiger partial charge in [0.1, 0.15) is 36.5 Å². The van der Waals surface area contributed by atoms with E-state index in [9.17, 15) is 23.3 Å². The van der Waals surface area contributed by atoms with E-state index in [0.717, 1.165) is 30.9 Å². The molecule has 12 heteroatoms. The van der Waals surface area contributed by atoms with Crippen molar-refractivity contribution in [2.75, 3.05) is 24.6 Å². The van der Waals surface area contributed by atoms with E-state index in [2.05, 4.69) is 9.88 Å². The SMILES string of the molecule is O=[N+]([O-])c1cn2c(n1)OC(COc1ccc(N3CCC(Oc4cccc(C(F)(F)F)c4)CC3)cc1)CC2. The standard InChI is InChI=1S/C25H25F3N4O5/c26-25(27,28)17-2-1-3-21(14-17)36-20-8-11-30(12-9-20)18-4-6-19(7-5-18)35-16-22-10-13-31-15-23(32(33)34)29-24(31)37-22/h1-7,14-15,20,22H,8-13,16H2. The van der Waals surface area contributed by atoms with Crippen LogP contribution in [0.4, 0.5) is 24.7 Å². The molecule has 1 unspecified atom stereocenters. The third-order valence-corrected chi connectivity index (χ3v) is 6.42. The molecule has 0 amide bonds. The van der Waals surface area contributed by atoms with E-state index in [1.165, 1.54) is 12.3 Å². The molecule has 0 N–H and O–H groups in total. The summed E-state index contributed by atoms with van der Waals surface area (Å²) in [4.78, 5) is 16.4. The average molecular weight is 518 g/mol. The number of nitrogens with zero attached hydrogens (tertiary/aromatic N) is 4. The number of anilines is 1. The van der Waals surface area contributed by atoms with Gasteiger partial charge in [-0.1, -0.05) is 6.07 Å². The summed E-state index contributed by atoms with van der Waals surface area (Å²) in [6, 6.07) is 12.9. The lowest BCUT2D eigenvalue weighted by atomic mass is 10.1. The van der Waals surface area contributed by atoms with Crippen molar-refractivity contribution in [2.24, 2.45) is 0 Å². The Morgan fingerprint density at radius 2 is 1.81 bits per heavy atom. The highest BCUT2D eigenvalue weighted by molar-refractivity contribution is 5.49. The van der Waals surface area contributed by atoms with Crippen LogP contribution in [0.25, 0.3) is 0 Å². The van der Waals surface area contributed by atoms with Crippen LogP contribution in [0.5, 0.6) is 17.5 Å². The topological polar surface area (TPSA) is 91.9 Å². The van der Waals surface area contributed by atoms with Gasteiger partial charge in [-0.25, -0.2) is 0 Å². The molecule has 2 aliphatic rings. The normalized spacial score (nSPS) is 18.1. The lowest BCUT2D eigenvalue weighted by Crippen LogP contribution is -2.38. The molecule has 0 radical (unpaired) electrons. The van der Waals surface area contributed by atoms with Gasteiger partial charge in [0.15, 0.2) is 0 Å². The second kappa shape index (κ2) is 10.2. The summed E-state index contributed by atoms with van der Waals surface area (Å²) in [5.74, 6) is 0.673. The smallest absolute Gasteiger partial charge is 0.416 e.